The number of carboxylic acids is 1. The summed E-state index contributed by atoms with van der Waals surface area (Å²) in [5.74, 6) is -2.53. The van der Waals surface area contributed by atoms with Crippen molar-refractivity contribution in [2.45, 2.75) is 23.5 Å². The number of hydrogen-bond acceptors (Lipinski definition) is 4. The molecule has 1 saturated heterocycles. The Morgan fingerprint density at radius 2 is 2.10 bits per heavy atom. The number of β-amino-alcohol motifs (C(OH)–C–C–N with tert-alkyl or cyclic N) is 1. The molecule has 1 fully saturated rings. The number of aliphatic hydroxyl groups excluding tert-OH is 1. The Balaban J connectivity index is 2.49. The topological polar surface area (TPSA) is 94.9 Å². The number of nitrogens with zero attached hydrogens (tertiary/aromatic N) is 1. The predicted molar refractivity (Wildman–Crippen MR) is 67.3 cm³/mol. The van der Waals surface area contributed by atoms with E-state index < -0.39 is 45.4 Å². The first-order valence-electron chi connectivity index (χ1n) is 5.62. The highest BCUT2D eigenvalue weighted by Crippen LogP contribution is 2.30. The molecule has 1 aromatic carbocycles. The lowest BCUT2D eigenvalue weighted by Crippen LogP contribution is -2.40. The Kier molecular flexibility index (Phi) is 4.01. The van der Waals surface area contributed by atoms with Gasteiger partial charge in [-0.05, 0) is 12.1 Å². The van der Waals surface area contributed by atoms with Crippen LogP contribution < -0.4 is 0 Å². The molecule has 2 atom stereocenters. The maximum absolute atomic E-state index is 13.8. The molecule has 0 aromatic heterocycles. The average Bonchev–Trinajstić information content (AvgIpc) is 2.75. The molecule has 0 amide bonds. The molecule has 1 aliphatic rings. The van der Waals surface area contributed by atoms with Gasteiger partial charge < -0.3 is 10.2 Å². The number of aliphatic hydroxyl groups is 1. The first kappa shape index (κ1) is 15.2. The number of halogens is 2. The lowest BCUT2D eigenvalue weighted by molar-refractivity contribution is -0.140. The minimum absolute atomic E-state index is 0.239. The summed E-state index contributed by atoms with van der Waals surface area (Å²) in [6.45, 7) is -0.398. The van der Waals surface area contributed by atoms with E-state index in [0.717, 1.165) is 6.07 Å². The highest BCUT2D eigenvalue weighted by Gasteiger charge is 2.44. The first-order chi connectivity index (χ1) is 9.25. The van der Waals surface area contributed by atoms with Crippen LogP contribution in [0.2, 0.25) is 5.02 Å². The Labute approximate surface area is 119 Å². The SMILES string of the molecule is O=C(O)C1CC(O)CN1S(=O)(=O)c1cccc(Cl)c1F. The number of carbonyl (C=O) groups is 1. The smallest absolute Gasteiger partial charge is 0.322 e. The van der Waals surface area contributed by atoms with Crippen LogP contribution in [0.3, 0.4) is 0 Å². The van der Waals surface area contributed by atoms with Crippen molar-refractivity contribution in [3.63, 3.8) is 0 Å². The quantitative estimate of drug-likeness (QED) is 0.853. The monoisotopic (exact) mass is 323 g/mol. The molecule has 110 valence electrons. The van der Waals surface area contributed by atoms with Crippen molar-refractivity contribution in [2.75, 3.05) is 6.54 Å². The minimum Gasteiger partial charge on any atom is -0.480 e. The van der Waals surface area contributed by atoms with E-state index in [4.69, 9.17) is 16.7 Å². The van der Waals surface area contributed by atoms with Crippen molar-refractivity contribution < 1.29 is 27.8 Å². The Morgan fingerprint density at radius 1 is 1.45 bits per heavy atom. The zero-order valence-electron chi connectivity index (χ0n) is 10.0. The van der Waals surface area contributed by atoms with Gasteiger partial charge in [0.1, 0.15) is 10.9 Å². The molecule has 2 N–H and O–H groups in total. The molecule has 0 aliphatic carbocycles. The molecule has 9 heteroatoms. The third-order valence-corrected chi connectivity index (χ3v) is 5.21. The van der Waals surface area contributed by atoms with Gasteiger partial charge in [-0.3, -0.25) is 4.79 Å². The third kappa shape index (κ3) is 2.51. The second kappa shape index (κ2) is 5.28. The second-order valence-corrected chi connectivity index (χ2v) is 6.64. The largest absolute Gasteiger partial charge is 0.480 e. The fourth-order valence-electron chi connectivity index (χ4n) is 2.08. The number of aliphatic carboxylic acids is 1. The molecule has 0 bridgehead atoms. The van der Waals surface area contributed by atoms with Crippen molar-refractivity contribution >= 4 is 27.6 Å². The fraction of sp³-hybridized carbons (Fsp3) is 0.364. The van der Waals surface area contributed by atoms with Gasteiger partial charge in [0.25, 0.3) is 0 Å². The van der Waals surface area contributed by atoms with Gasteiger partial charge >= 0.3 is 5.97 Å². The van der Waals surface area contributed by atoms with Crippen LogP contribution in [0, 0.1) is 5.82 Å². The van der Waals surface area contributed by atoms with Gasteiger partial charge in [-0.2, -0.15) is 4.31 Å². The van der Waals surface area contributed by atoms with Crippen molar-refractivity contribution in [1.82, 2.24) is 4.31 Å². The third-order valence-electron chi connectivity index (χ3n) is 3.02. The van der Waals surface area contributed by atoms with Gasteiger partial charge in [0.05, 0.1) is 11.1 Å². The Hall–Kier alpha value is -1.22. The van der Waals surface area contributed by atoms with Crippen LogP contribution >= 0.6 is 11.6 Å². The first-order valence-corrected chi connectivity index (χ1v) is 7.43. The van der Waals surface area contributed by atoms with E-state index in [1.54, 1.807) is 0 Å². The minimum atomic E-state index is -4.39. The van der Waals surface area contributed by atoms with E-state index in [1.165, 1.54) is 12.1 Å². The van der Waals surface area contributed by atoms with E-state index in [0.29, 0.717) is 4.31 Å². The van der Waals surface area contributed by atoms with Gasteiger partial charge in [-0.1, -0.05) is 17.7 Å². The summed E-state index contributed by atoms with van der Waals surface area (Å²) in [4.78, 5) is 10.3. The summed E-state index contributed by atoms with van der Waals surface area (Å²) < 4.78 is 39.0. The van der Waals surface area contributed by atoms with Gasteiger partial charge in [0.2, 0.25) is 10.0 Å². The molecular formula is C11H11ClFNO5S. The molecule has 1 heterocycles. The van der Waals surface area contributed by atoms with Crippen molar-refractivity contribution in [1.29, 1.82) is 0 Å². The highest BCUT2D eigenvalue weighted by molar-refractivity contribution is 7.89. The maximum atomic E-state index is 13.8. The molecule has 0 spiro atoms. The summed E-state index contributed by atoms with van der Waals surface area (Å²) in [6.07, 6.45) is -1.34. The van der Waals surface area contributed by atoms with Gasteiger partial charge in [0, 0.05) is 13.0 Å². The standard InChI is InChI=1S/C11H11ClFNO5S/c12-7-2-1-3-9(10(7)13)20(18,19)14-5-6(15)4-8(14)11(16)17/h1-3,6,8,15H,4-5H2,(H,16,17). The van der Waals surface area contributed by atoms with E-state index >= 15 is 0 Å². The van der Waals surface area contributed by atoms with Crippen LogP contribution in [-0.4, -0.2) is 47.6 Å². The highest BCUT2D eigenvalue weighted by atomic mass is 35.5. The van der Waals surface area contributed by atoms with Crippen molar-refractivity contribution in [2.24, 2.45) is 0 Å². The zero-order chi connectivity index (χ0) is 15.1. The Bertz CT molecular complexity index is 650. The van der Waals surface area contributed by atoms with E-state index in [1.807, 2.05) is 0 Å². The fourth-order valence-corrected chi connectivity index (χ4v) is 4.03. The average molecular weight is 324 g/mol. The summed E-state index contributed by atoms with van der Waals surface area (Å²) in [6, 6.07) is 2.01. The molecule has 2 unspecified atom stereocenters. The van der Waals surface area contributed by atoms with Crippen molar-refractivity contribution in [3.8, 4) is 0 Å². The normalized spacial score (nSPS) is 23.9. The van der Waals surface area contributed by atoms with Crippen LogP contribution in [0.4, 0.5) is 4.39 Å². The van der Waals surface area contributed by atoms with Crippen molar-refractivity contribution in [3.05, 3.63) is 29.0 Å². The number of hydrogen-bond donors (Lipinski definition) is 2. The molecular weight excluding hydrogens is 313 g/mol. The van der Waals surface area contributed by atoms with E-state index in [2.05, 4.69) is 0 Å². The Morgan fingerprint density at radius 3 is 2.70 bits per heavy atom. The second-order valence-electron chi connectivity index (χ2n) is 4.37. The number of rotatable bonds is 3. The molecule has 0 saturated carbocycles. The molecule has 6 nitrogen and oxygen atoms in total. The van der Waals surface area contributed by atoms with Gasteiger partial charge in [-0.15, -0.1) is 0 Å². The molecule has 0 radical (unpaired) electrons. The van der Waals surface area contributed by atoms with Crippen LogP contribution in [-0.2, 0) is 14.8 Å². The van der Waals surface area contributed by atoms with Gasteiger partial charge in [-0.25, -0.2) is 12.8 Å². The van der Waals surface area contributed by atoms with Gasteiger partial charge in [0.15, 0.2) is 5.82 Å². The van der Waals surface area contributed by atoms with Crippen LogP contribution in [0.15, 0.2) is 23.1 Å². The molecule has 20 heavy (non-hydrogen) atoms. The maximum Gasteiger partial charge on any atom is 0.322 e. The number of benzene rings is 1. The summed E-state index contributed by atoms with van der Waals surface area (Å²) in [5.41, 5.74) is 0. The predicted octanol–water partition coefficient (Wildman–Crippen LogP) is 0.688. The van der Waals surface area contributed by atoms with E-state index in [9.17, 15) is 22.7 Å². The lowest BCUT2D eigenvalue weighted by Gasteiger charge is -2.21. The molecule has 1 aliphatic heterocycles. The number of sulfonamides is 1. The van der Waals surface area contributed by atoms with Crippen LogP contribution in [0.1, 0.15) is 6.42 Å². The summed E-state index contributed by atoms with van der Waals surface area (Å²) in [5, 5.41) is 18.1. The van der Waals surface area contributed by atoms with Crippen LogP contribution in [0.5, 0.6) is 0 Å². The number of carboxylic acid groups (broad SMARTS) is 1. The zero-order valence-corrected chi connectivity index (χ0v) is 11.6. The van der Waals surface area contributed by atoms with E-state index in [-0.39, 0.29) is 11.4 Å². The summed E-state index contributed by atoms with van der Waals surface area (Å²) in [7, 11) is -4.39. The van der Waals surface area contributed by atoms with Crippen LogP contribution in [0.25, 0.3) is 0 Å². The lowest BCUT2D eigenvalue weighted by atomic mass is 10.2. The molecule has 1 aromatic rings. The summed E-state index contributed by atoms with van der Waals surface area (Å²) >= 11 is 5.53. The molecule has 2 rings (SSSR count).